The van der Waals surface area contributed by atoms with E-state index in [4.69, 9.17) is 5.11 Å². The number of H-pyrrole nitrogens is 1. The molecule has 0 saturated heterocycles. The van der Waals surface area contributed by atoms with Crippen molar-refractivity contribution in [3.63, 3.8) is 0 Å². The third-order valence-corrected chi connectivity index (χ3v) is 7.19. The molecule has 2 heterocycles. The minimum absolute atomic E-state index is 0.0314. The third kappa shape index (κ3) is 7.93. The van der Waals surface area contributed by atoms with Crippen molar-refractivity contribution in [3.05, 3.63) is 35.7 Å². The molecule has 0 bridgehead atoms. The van der Waals surface area contributed by atoms with Gasteiger partial charge in [0.2, 0.25) is 17.7 Å². The molecule has 13 nitrogen and oxygen atoms in total. The second-order valence-electron chi connectivity index (χ2n) is 11.0. The molecule has 3 amide bonds. The van der Waals surface area contributed by atoms with Crippen LogP contribution in [-0.2, 0) is 36.9 Å². The molecule has 0 fully saturated rings. The summed E-state index contributed by atoms with van der Waals surface area (Å²) in [5.74, 6) is -3.00. The molecular weight excluding hydrogens is 518 g/mol. The van der Waals surface area contributed by atoms with E-state index in [1.165, 1.54) is 4.90 Å². The van der Waals surface area contributed by atoms with Crippen molar-refractivity contribution >= 4 is 35.2 Å². The number of carboxylic acid groups (broad SMARTS) is 1. The van der Waals surface area contributed by atoms with E-state index in [2.05, 4.69) is 31.3 Å². The number of carboxylic acids is 1. The van der Waals surface area contributed by atoms with E-state index in [1.54, 1.807) is 26.0 Å². The molecule has 0 saturated carbocycles. The van der Waals surface area contributed by atoms with E-state index in [9.17, 15) is 24.0 Å². The number of para-hydroxylation sites is 1. The number of tetrazole rings is 1. The summed E-state index contributed by atoms with van der Waals surface area (Å²) >= 11 is 0. The molecular formula is C27H37N7O6. The lowest BCUT2D eigenvalue weighted by molar-refractivity contribution is -0.140. The third-order valence-electron chi connectivity index (χ3n) is 7.19. The molecule has 3 atom stereocenters. The monoisotopic (exact) mass is 555 g/mol. The summed E-state index contributed by atoms with van der Waals surface area (Å²) in [5, 5.41) is 27.9. The Morgan fingerprint density at radius 1 is 1.15 bits per heavy atom. The van der Waals surface area contributed by atoms with Gasteiger partial charge >= 0.3 is 5.97 Å². The first-order valence-corrected chi connectivity index (χ1v) is 13.3. The molecule has 3 rings (SSSR count). The number of fused-ring (bicyclic) bond motifs is 1. The Bertz CT molecular complexity index is 1230. The fourth-order valence-corrected chi connectivity index (χ4v) is 4.98. The summed E-state index contributed by atoms with van der Waals surface area (Å²) < 4.78 is 0. The highest BCUT2D eigenvalue weighted by Gasteiger charge is 2.38. The number of aromatic nitrogens is 4. The van der Waals surface area contributed by atoms with Crippen LogP contribution in [-0.4, -0.2) is 67.8 Å². The van der Waals surface area contributed by atoms with Gasteiger partial charge in [-0.3, -0.25) is 28.9 Å². The SMILES string of the molecule is CC[C@H](C)[C@H](CC(=O)CC(C)(C)CC(=O)O)C(=O)NCC(=O)N1c2ccccc2C[C@H]1C(=O)NCc1nn[nH]n1. The lowest BCUT2D eigenvalue weighted by atomic mass is 9.79. The van der Waals surface area contributed by atoms with E-state index >= 15 is 0 Å². The zero-order valence-electron chi connectivity index (χ0n) is 23.3. The normalized spacial score (nSPS) is 16.1. The van der Waals surface area contributed by atoms with Crippen molar-refractivity contribution < 1.29 is 29.1 Å². The summed E-state index contributed by atoms with van der Waals surface area (Å²) in [7, 11) is 0. The van der Waals surface area contributed by atoms with E-state index in [-0.39, 0.29) is 44.1 Å². The van der Waals surface area contributed by atoms with Crippen molar-refractivity contribution in [2.45, 2.75) is 72.4 Å². The highest BCUT2D eigenvalue weighted by molar-refractivity contribution is 6.05. The van der Waals surface area contributed by atoms with Crippen molar-refractivity contribution in [2.24, 2.45) is 17.3 Å². The van der Waals surface area contributed by atoms with Crippen LogP contribution in [0.4, 0.5) is 5.69 Å². The molecule has 1 aromatic heterocycles. The van der Waals surface area contributed by atoms with Crippen LogP contribution in [0.1, 0.15) is 64.8 Å². The van der Waals surface area contributed by atoms with E-state index in [0.717, 1.165) is 5.56 Å². The number of hydrogen-bond acceptors (Lipinski definition) is 8. The molecule has 1 aliphatic rings. The lowest BCUT2D eigenvalue weighted by Gasteiger charge is -2.27. The first kappa shape index (κ1) is 30.4. The molecule has 0 radical (unpaired) electrons. The number of anilines is 1. The smallest absolute Gasteiger partial charge is 0.303 e. The molecule has 13 heteroatoms. The zero-order valence-corrected chi connectivity index (χ0v) is 23.3. The highest BCUT2D eigenvalue weighted by Crippen LogP contribution is 2.32. The molecule has 1 aromatic carbocycles. The number of hydrogen-bond donors (Lipinski definition) is 4. The number of rotatable bonds is 14. The van der Waals surface area contributed by atoms with Crippen LogP contribution in [0.15, 0.2) is 24.3 Å². The van der Waals surface area contributed by atoms with Gasteiger partial charge in [-0.05, 0) is 23.0 Å². The Balaban J connectivity index is 1.67. The lowest BCUT2D eigenvalue weighted by Crippen LogP contribution is -2.51. The Kier molecular flexibility index (Phi) is 10.1. The minimum Gasteiger partial charge on any atom is -0.481 e. The number of aromatic amines is 1. The fraction of sp³-hybridized carbons (Fsp3) is 0.556. The summed E-state index contributed by atoms with van der Waals surface area (Å²) in [6, 6.07) is 6.37. The van der Waals surface area contributed by atoms with Gasteiger partial charge in [-0.25, -0.2) is 0 Å². The predicted octanol–water partition coefficient (Wildman–Crippen LogP) is 1.40. The minimum atomic E-state index is -0.988. The molecule has 0 unspecified atom stereocenters. The number of ketones is 1. The second kappa shape index (κ2) is 13.3. The first-order valence-electron chi connectivity index (χ1n) is 13.3. The van der Waals surface area contributed by atoms with Crippen molar-refractivity contribution in [2.75, 3.05) is 11.4 Å². The van der Waals surface area contributed by atoms with Crippen molar-refractivity contribution in [1.82, 2.24) is 31.3 Å². The topological polar surface area (TPSA) is 187 Å². The maximum absolute atomic E-state index is 13.4. The second-order valence-corrected chi connectivity index (χ2v) is 11.0. The van der Waals surface area contributed by atoms with E-state index in [0.29, 0.717) is 24.4 Å². The Morgan fingerprint density at radius 2 is 1.88 bits per heavy atom. The van der Waals surface area contributed by atoms with Gasteiger partial charge < -0.3 is 15.7 Å². The number of Topliss-reactive ketones (excluding diaryl/α,β-unsaturated/α-hetero) is 1. The molecule has 1 aliphatic heterocycles. The van der Waals surface area contributed by atoms with Gasteiger partial charge in [0.15, 0.2) is 5.82 Å². The van der Waals surface area contributed by atoms with Gasteiger partial charge in [0.05, 0.1) is 19.5 Å². The van der Waals surface area contributed by atoms with Gasteiger partial charge in [-0.15, -0.1) is 10.2 Å². The quantitative estimate of drug-likeness (QED) is 0.267. The zero-order chi connectivity index (χ0) is 29.4. The maximum atomic E-state index is 13.4. The maximum Gasteiger partial charge on any atom is 0.303 e. The van der Waals surface area contributed by atoms with Gasteiger partial charge in [-0.1, -0.05) is 57.5 Å². The van der Waals surface area contributed by atoms with Gasteiger partial charge in [0, 0.05) is 30.9 Å². The van der Waals surface area contributed by atoms with Crippen LogP contribution >= 0.6 is 0 Å². The summed E-state index contributed by atoms with van der Waals surface area (Å²) in [6.45, 7) is 6.87. The number of aliphatic carboxylic acids is 1. The largest absolute Gasteiger partial charge is 0.481 e. The molecule has 0 spiro atoms. The molecule has 216 valence electrons. The predicted molar refractivity (Wildman–Crippen MR) is 144 cm³/mol. The Morgan fingerprint density at radius 3 is 2.52 bits per heavy atom. The van der Waals surface area contributed by atoms with Crippen LogP contribution in [0.5, 0.6) is 0 Å². The molecule has 0 aliphatic carbocycles. The molecule has 40 heavy (non-hydrogen) atoms. The Labute approximate surface area is 232 Å². The number of nitrogens with one attached hydrogen (secondary N) is 3. The van der Waals surface area contributed by atoms with Gasteiger partial charge in [0.25, 0.3) is 0 Å². The van der Waals surface area contributed by atoms with Crippen LogP contribution in [0.3, 0.4) is 0 Å². The number of benzene rings is 1. The van der Waals surface area contributed by atoms with Crippen molar-refractivity contribution in [1.29, 1.82) is 0 Å². The fourth-order valence-electron chi connectivity index (χ4n) is 4.98. The van der Waals surface area contributed by atoms with E-state index in [1.807, 2.05) is 26.0 Å². The van der Waals surface area contributed by atoms with Gasteiger partial charge in [0.1, 0.15) is 11.8 Å². The average Bonchev–Trinajstić information content (AvgIpc) is 3.55. The Hall–Kier alpha value is -4.16. The van der Waals surface area contributed by atoms with Gasteiger partial charge in [-0.2, -0.15) is 5.21 Å². The molecule has 4 N–H and O–H groups in total. The van der Waals surface area contributed by atoms with Crippen LogP contribution in [0.2, 0.25) is 0 Å². The highest BCUT2D eigenvalue weighted by atomic mass is 16.4. The van der Waals surface area contributed by atoms with Crippen LogP contribution < -0.4 is 15.5 Å². The number of carbonyl (C=O) groups is 5. The van der Waals surface area contributed by atoms with Crippen molar-refractivity contribution in [3.8, 4) is 0 Å². The average molecular weight is 556 g/mol. The summed E-state index contributed by atoms with van der Waals surface area (Å²) in [5.41, 5.74) is 0.683. The van der Waals surface area contributed by atoms with E-state index < -0.39 is 41.1 Å². The number of amides is 3. The van der Waals surface area contributed by atoms with Crippen LogP contribution in [0, 0.1) is 17.3 Å². The number of carbonyl (C=O) groups excluding carboxylic acids is 4. The summed E-state index contributed by atoms with van der Waals surface area (Å²) in [6.07, 6.45) is 0.772. The summed E-state index contributed by atoms with van der Waals surface area (Å²) in [4.78, 5) is 65.0. The first-order chi connectivity index (χ1) is 18.9. The molecule has 2 aromatic rings. The standard InChI is InChI=1S/C27H37N7O6/c1-5-16(2)19(11-18(35)12-27(3,4)13-24(37)38)25(39)29-15-23(36)34-20-9-7-6-8-17(20)10-21(34)26(40)28-14-22-30-32-33-31-22/h6-9,16,19,21H,5,10-15H2,1-4H3,(H,28,40)(H,29,39)(H,37,38)(H,30,31,32,33)/t16-,19-,21-/m0/s1. The number of nitrogens with zero attached hydrogens (tertiary/aromatic N) is 4. The van der Waals surface area contributed by atoms with Crippen LogP contribution in [0.25, 0.3) is 0 Å².